The number of rotatable bonds is 2. The molecule has 3 rings (SSSR count). The average molecular weight is 358 g/mol. The van der Waals surface area contributed by atoms with Crippen LogP contribution in [-0.4, -0.2) is 4.57 Å². The summed E-state index contributed by atoms with van der Waals surface area (Å²) in [6.45, 7) is 0. The van der Waals surface area contributed by atoms with E-state index >= 15 is 0 Å². The smallest absolute Gasteiger partial charge is 0.0535 e. The van der Waals surface area contributed by atoms with Crippen LogP contribution in [0.5, 0.6) is 0 Å². The number of aryl methyl sites for hydroxylation is 1. The lowest BCUT2D eigenvalue weighted by Crippen LogP contribution is -1.98. The lowest BCUT2D eigenvalue weighted by atomic mass is 10.1. The fraction of sp³-hybridized carbons (Fsp3) is 0.125. The Kier molecular flexibility index (Phi) is 4.11. The van der Waals surface area contributed by atoms with E-state index in [0.29, 0.717) is 26.5 Å². The minimum atomic E-state index is 0.539. The molecule has 0 aliphatic heterocycles. The number of nitrogens with zero attached hydrogens (tertiary/aromatic N) is 1. The third-order valence-corrected chi connectivity index (χ3v) is 4.75. The van der Waals surface area contributed by atoms with Crippen LogP contribution in [-0.2, 0) is 13.5 Å². The zero-order valence-electron chi connectivity index (χ0n) is 11.1. The van der Waals surface area contributed by atoms with E-state index in [1.54, 1.807) is 18.2 Å². The maximum atomic E-state index is 6.26. The molecule has 21 heavy (non-hydrogen) atoms. The zero-order chi connectivity index (χ0) is 15.1. The highest BCUT2D eigenvalue weighted by Gasteiger charge is 2.13. The number of hydrogen-bond donors (Lipinski definition) is 0. The van der Waals surface area contributed by atoms with Crippen molar-refractivity contribution in [2.24, 2.45) is 7.05 Å². The Morgan fingerprint density at radius 1 is 1.05 bits per heavy atom. The first-order valence-corrected chi connectivity index (χ1v) is 7.76. The molecule has 0 N–H and O–H groups in total. The molecule has 2 aromatic carbocycles. The fourth-order valence-electron chi connectivity index (χ4n) is 2.40. The first-order chi connectivity index (χ1) is 9.97. The molecule has 0 atom stereocenters. The Morgan fingerprint density at radius 2 is 1.81 bits per heavy atom. The molecule has 0 saturated heterocycles. The molecule has 3 aromatic rings. The molecule has 107 valence electrons. The van der Waals surface area contributed by atoms with Gasteiger partial charge in [-0.1, -0.05) is 52.5 Å². The first-order valence-electron chi connectivity index (χ1n) is 6.25. The number of hydrogen-bond acceptors (Lipinski definition) is 0. The predicted octanol–water partition coefficient (Wildman–Crippen LogP) is 6.18. The van der Waals surface area contributed by atoms with Crippen LogP contribution in [0.25, 0.3) is 10.9 Å². The van der Waals surface area contributed by atoms with Gasteiger partial charge in [-0.15, -0.1) is 0 Å². The summed E-state index contributed by atoms with van der Waals surface area (Å²) < 4.78 is 2.05. The highest BCUT2D eigenvalue weighted by molar-refractivity contribution is 6.38. The maximum Gasteiger partial charge on any atom is 0.0535 e. The highest BCUT2D eigenvalue weighted by Crippen LogP contribution is 2.33. The summed E-state index contributed by atoms with van der Waals surface area (Å²) in [5.74, 6) is 0. The average Bonchev–Trinajstić information content (AvgIpc) is 2.72. The number of aromatic nitrogens is 1. The molecule has 0 aliphatic rings. The van der Waals surface area contributed by atoms with Gasteiger partial charge >= 0.3 is 0 Å². The van der Waals surface area contributed by atoms with E-state index in [1.165, 1.54) is 0 Å². The summed E-state index contributed by atoms with van der Waals surface area (Å²) in [6.07, 6.45) is 0.605. The molecule has 1 radical (unpaired) electrons. The largest absolute Gasteiger partial charge is 0.347 e. The highest BCUT2D eigenvalue weighted by atomic mass is 35.5. The fourth-order valence-corrected chi connectivity index (χ4v) is 3.44. The van der Waals surface area contributed by atoms with Crippen LogP contribution in [0.4, 0.5) is 0 Å². The molecule has 1 heterocycles. The molecule has 0 amide bonds. The van der Waals surface area contributed by atoms with E-state index in [9.17, 15) is 0 Å². The molecule has 1 aromatic heterocycles. The van der Waals surface area contributed by atoms with Gasteiger partial charge in [0, 0.05) is 40.7 Å². The summed E-state index contributed by atoms with van der Waals surface area (Å²) >= 11 is 24.7. The Bertz CT molecular complexity index is 816. The van der Waals surface area contributed by atoms with E-state index in [2.05, 4.69) is 6.07 Å². The summed E-state index contributed by atoms with van der Waals surface area (Å²) in [4.78, 5) is 0. The molecule has 0 unspecified atom stereocenters. The topological polar surface area (TPSA) is 4.93 Å². The van der Waals surface area contributed by atoms with Gasteiger partial charge in [0.25, 0.3) is 0 Å². The monoisotopic (exact) mass is 356 g/mol. The zero-order valence-corrected chi connectivity index (χ0v) is 14.1. The molecule has 0 spiro atoms. The third kappa shape index (κ3) is 2.76. The predicted molar refractivity (Wildman–Crippen MR) is 91.0 cm³/mol. The van der Waals surface area contributed by atoms with E-state index in [4.69, 9.17) is 46.4 Å². The summed E-state index contributed by atoms with van der Waals surface area (Å²) in [6, 6.07) is 12.1. The molecule has 0 saturated carbocycles. The number of benzene rings is 2. The molecule has 0 bridgehead atoms. The van der Waals surface area contributed by atoms with Crippen molar-refractivity contribution in [1.29, 1.82) is 0 Å². The SMILES string of the molecule is Cn1c(Cc2c(Cl)[c]ccc2Cl)cc2c(Cl)cc(Cl)cc21. The van der Waals surface area contributed by atoms with Crippen LogP contribution in [0.3, 0.4) is 0 Å². The van der Waals surface area contributed by atoms with Crippen molar-refractivity contribution >= 4 is 57.3 Å². The molecule has 1 nitrogen and oxygen atoms in total. The number of fused-ring (bicyclic) bond motifs is 1. The van der Waals surface area contributed by atoms with Crippen molar-refractivity contribution in [2.45, 2.75) is 6.42 Å². The van der Waals surface area contributed by atoms with Crippen molar-refractivity contribution in [3.05, 3.63) is 67.7 Å². The van der Waals surface area contributed by atoms with Gasteiger partial charge in [-0.3, -0.25) is 0 Å². The van der Waals surface area contributed by atoms with Crippen LogP contribution in [0.15, 0.2) is 30.3 Å². The van der Waals surface area contributed by atoms with Crippen molar-refractivity contribution in [2.75, 3.05) is 0 Å². The molecular formula is C16H10Cl4N. The molecular weight excluding hydrogens is 348 g/mol. The van der Waals surface area contributed by atoms with Crippen LogP contribution in [0, 0.1) is 6.07 Å². The summed E-state index contributed by atoms with van der Waals surface area (Å²) in [7, 11) is 1.97. The normalized spacial score (nSPS) is 11.3. The summed E-state index contributed by atoms with van der Waals surface area (Å²) in [5, 5.41) is 3.39. The van der Waals surface area contributed by atoms with Crippen molar-refractivity contribution in [3.8, 4) is 0 Å². The van der Waals surface area contributed by atoms with Gasteiger partial charge in [0.15, 0.2) is 0 Å². The van der Waals surface area contributed by atoms with E-state index in [-0.39, 0.29) is 0 Å². The van der Waals surface area contributed by atoms with Gasteiger partial charge < -0.3 is 4.57 Å². The van der Waals surface area contributed by atoms with Gasteiger partial charge in [-0.25, -0.2) is 0 Å². The van der Waals surface area contributed by atoms with Crippen molar-refractivity contribution in [3.63, 3.8) is 0 Å². The van der Waals surface area contributed by atoms with Gasteiger partial charge in [-0.2, -0.15) is 0 Å². The van der Waals surface area contributed by atoms with Crippen LogP contribution >= 0.6 is 46.4 Å². The van der Waals surface area contributed by atoms with Gasteiger partial charge in [0.05, 0.1) is 15.6 Å². The second kappa shape index (κ2) is 5.73. The first kappa shape index (κ1) is 15.1. The van der Waals surface area contributed by atoms with Crippen LogP contribution in [0.1, 0.15) is 11.3 Å². The Morgan fingerprint density at radius 3 is 2.52 bits per heavy atom. The third-order valence-electron chi connectivity index (χ3n) is 3.53. The maximum absolute atomic E-state index is 6.26. The molecule has 0 aliphatic carbocycles. The Labute approximate surface area is 143 Å². The second-order valence-electron chi connectivity index (χ2n) is 4.81. The standard InChI is InChI=1S/C16H10Cl4N/c1-21-10(7-11-13(18)3-2-4-14(11)19)8-12-15(20)5-9(17)6-16(12)21/h2-3,5-6,8H,7H2,1H3. The van der Waals surface area contributed by atoms with Crippen molar-refractivity contribution in [1.82, 2.24) is 4.57 Å². The minimum Gasteiger partial charge on any atom is -0.347 e. The van der Waals surface area contributed by atoms with Gasteiger partial charge in [0.1, 0.15) is 0 Å². The lowest BCUT2D eigenvalue weighted by molar-refractivity contribution is 0.880. The van der Waals surface area contributed by atoms with Gasteiger partial charge in [0.2, 0.25) is 0 Å². The van der Waals surface area contributed by atoms with Crippen molar-refractivity contribution < 1.29 is 0 Å². The minimum absolute atomic E-state index is 0.539. The van der Waals surface area contributed by atoms with E-state index in [1.807, 2.05) is 23.7 Å². The second-order valence-corrected chi connectivity index (χ2v) is 6.44. The molecule has 0 fully saturated rings. The van der Waals surface area contributed by atoms with Crippen LogP contribution < -0.4 is 0 Å². The van der Waals surface area contributed by atoms with Crippen LogP contribution in [0.2, 0.25) is 20.1 Å². The quantitative estimate of drug-likeness (QED) is 0.515. The summed E-state index contributed by atoms with van der Waals surface area (Å²) in [5.41, 5.74) is 2.89. The molecule has 5 heteroatoms. The number of halogens is 4. The van der Waals surface area contributed by atoms with Gasteiger partial charge in [-0.05, 0) is 29.8 Å². The Hall–Kier alpha value is -0.860. The van der Waals surface area contributed by atoms with E-state index in [0.717, 1.165) is 22.2 Å². The lowest BCUT2D eigenvalue weighted by Gasteiger charge is -2.08. The Balaban J connectivity index is 2.14. The van der Waals surface area contributed by atoms with E-state index < -0.39 is 0 Å².